The van der Waals surface area contributed by atoms with Gasteiger partial charge in [0.15, 0.2) is 0 Å². The monoisotopic (exact) mass is 297 g/mol. The van der Waals surface area contributed by atoms with Gasteiger partial charge in [-0.05, 0) is 12.1 Å². The zero-order valence-corrected chi connectivity index (χ0v) is 11.5. The van der Waals surface area contributed by atoms with Crippen LogP contribution >= 0.6 is 0 Å². The Morgan fingerprint density at radius 2 is 2.27 bits per heavy atom. The van der Waals surface area contributed by atoms with Crippen molar-refractivity contribution in [1.29, 1.82) is 0 Å². The zero-order valence-electron chi connectivity index (χ0n) is 11.5. The Hall–Kier alpha value is -2.96. The van der Waals surface area contributed by atoms with Gasteiger partial charge in [-0.15, -0.1) is 0 Å². The fraction of sp³-hybridized carbons (Fsp3) is 0.133. The summed E-state index contributed by atoms with van der Waals surface area (Å²) in [6.07, 6.45) is 7.18. The summed E-state index contributed by atoms with van der Waals surface area (Å²) >= 11 is 0. The summed E-state index contributed by atoms with van der Waals surface area (Å²) in [5, 5.41) is 2.67. The highest BCUT2D eigenvalue weighted by molar-refractivity contribution is 6.08. The Morgan fingerprint density at radius 3 is 3.09 bits per heavy atom. The first-order valence-corrected chi connectivity index (χ1v) is 6.87. The van der Waals surface area contributed by atoms with E-state index in [1.165, 1.54) is 12.1 Å². The standard InChI is InChI=1S/C15H12FN5O/c16-9-1-2-12(19-7-9)20-15(22)10-8-18-11-3-5-21-6-4-17-14(21)13(10)11/h1-2,4,6-8,18H,3,5H2,(H,19,20,22). The predicted octanol–water partition coefficient (Wildman–Crippen LogP) is 2.22. The Kier molecular flexibility index (Phi) is 2.78. The van der Waals surface area contributed by atoms with E-state index in [0.29, 0.717) is 11.4 Å². The van der Waals surface area contributed by atoms with Gasteiger partial charge in [0.1, 0.15) is 17.5 Å². The van der Waals surface area contributed by atoms with Gasteiger partial charge < -0.3 is 14.9 Å². The molecule has 0 saturated heterocycles. The number of amides is 1. The maximum absolute atomic E-state index is 12.9. The van der Waals surface area contributed by atoms with Gasteiger partial charge in [0, 0.05) is 37.3 Å². The van der Waals surface area contributed by atoms with E-state index >= 15 is 0 Å². The van der Waals surface area contributed by atoms with Crippen molar-refractivity contribution in [2.45, 2.75) is 13.0 Å². The SMILES string of the molecule is O=C(Nc1ccc(F)cn1)c1c[nH]c2c1-c1nccn1CC2. The smallest absolute Gasteiger partial charge is 0.259 e. The third-order valence-corrected chi connectivity index (χ3v) is 3.72. The van der Waals surface area contributed by atoms with Gasteiger partial charge in [-0.1, -0.05) is 0 Å². The number of pyridine rings is 1. The lowest BCUT2D eigenvalue weighted by molar-refractivity contribution is 0.102. The van der Waals surface area contributed by atoms with Crippen molar-refractivity contribution in [2.75, 3.05) is 5.32 Å². The van der Waals surface area contributed by atoms with Gasteiger partial charge in [0.25, 0.3) is 5.91 Å². The van der Waals surface area contributed by atoms with Gasteiger partial charge in [-0.3, -0.25) is 4.79 Å². The zero-order chi connectivity index (χ0) is 15.1. The predicted molar refractivity (Wildman–Crippen MR) is 77.9 cm³/mol. The molecule has 4 rings (SSSR count). The molecule has 0 unspecified atom stereocenters. The van der Waals surface area contributed by atoms with Gasteiger partial charge in [-0.2, -0.15) is 0 Å². The van der Waals surface area contributed by atoms with Crippen LogP contribution in [0.1, 0.15) is 16.1 Å². The first kappa shape index (κ1) is 12.8. The van der Waals surface area contributed by atoms with E-state index in [1.54, 1.807) is 12.4 Å². The van der Waals surface area contributed by atoms with Crippen LogP contribution in [0, 0.1) is 5.82 Å². The number of aryl methyl sites for hydroxylation is 2. The summed E-state index contributed by atoms with van der Waals surface area (Å²) in [5.41, 5.74) is 2.32. The number of carbonyl (C=O) groups is 1. The number of nitrogens with zero attached hydrogens (tertiary/aromatic N) is 3. The van der Waals surface area contributed by atoms with E-state index in [9.17, 15) is 9.18 Å². The van der Waals surface area contributed by atoms with Crippen molar-refractivity contribution < 1.29 is 9.18 Å². The number of fused-ring (bicyclic) bond motifs is 3. The van der Waals surface area contributed by atoms with E-state index in [0.717, 1.165) is 36.2 Å². The molecule has 3 aromatic heterocycles. The van der Waals surface area contributed by atoms with Crippen LogP contribution in [0.4, 0.5) is 10.2 Å². The molecular weight excluding hydrogens is 285 g/mol. The molecule has 0 fully saturated rings. The van der Waals surface area contributed by atoms with Crippen molar-refractivity contribution in [3.05, 3.63) is 54.0 Å². The number of carbonyl (C=O) groups excluding carboxylic acids is 1. The molecular formula is C15H12FN5O. The third-order valence-electron chi connectivity index (χ3n) is 3.72. The van der Waals surface area contributed by atoms with Crippen molar-refractivity contribution in [1.82, 2.24) is 19.5 Å². The van der Waals surface area contributed by atoms with Crippen molar-refractivity contribution in [3.63, 3.8) is 0 Å². The molecule has 1 aliphatic heterocycles. The molecule has 3 aromatic rings. The van der Waals surface area contributed by atoms with Gasteiger partial charge in [0.05, 0.1) is 17.3 Å². The van der Waals surface area contributed by atoms with Gasteiger partial charge >= 0.3 is 0 Å². The molecule has 1 aliphatic rings. The van der Waals surface area contributed by atoms with Crippen LogP contribution in [0.2, 0.25) is 0 Å². The van der Waals surface area contributed by atoms with Crippen molar-refractivity contribution in [2.24, 2.45) is 0 Å². The van der Waals surface area contributed by atoms with E-state index in [1.807, 2.05) is 10.8 Å². The summed E-state index contributed by atoms with van der Waals surface area (Å²) in [6.45, 7) is 0.837. The number of halogens is 1. The Morgan fingerprint density at radius 1 is 1.36 bits per heavy atom. The lowest BCUT2D eigenvalue weighted by Crippen LogP contribution is -2.16. The maximum atomic E-state index is 12.9. The maximum Gasteiger partial charge on any atom is 0.259 e. The Bertz CT molecular complexity index is 849. The molecule has 0 spiro atoms. The minimum atomic E-state index is -0.445. The van der Waals surface area contributed by atoms with E-state index in [2.05, 4.69) is 20.3 Å². The molecule has 0 radical (unpaired) electrons. The lowest BCUT2D eigenvalue weighted by atomic mass is 10.0. The summed E-state index contributed by atoms with van der Waals surface area (Å²) < 4.78 is 14.9. The highest BCUT2D eigenvalue weighted by atomic mass is 19.1. The molecule has 0 aliphatic carbocycles. The van der Waals surface area contributed by atoms with Crippen LogP contribution in [-0.2, 0) is 13.0 Å². The van der Waals surface area contributed by atoms with Gasteiger partial charge in [-0.25, -0.2) is 14.4 Å². The normalized spacial score (nSPS) is 12.6. The summed E-state index contributed by atoms with van der Waals surface area (Å²) in [6, 6.07) is 2.68. The summed E-state index contributed by atoms with van der Waals surface area (Å²) in [7, 11) is 0. The van der Waals surface area contributed by atoms with E-state index in [-0.39, 0.29) is 5.91 Å². The van der Waals surface area contributed by atoms with Crippen LogP contribution < -0.4 is 5.32 Å². The number of hydrogen-bond donors (Lipinski definition) is 2. The van der Waals surface area contributed by atoms with E-state index in [4.69, 9.17) is 0 Å². The topological polar surface area (TPSA) is 75.6 Å². The first-order valence-electron chi connectivity index (χ1n) is 6.87. The fourth-order valence-corrected chi connectivity index (χ4v) is 2.68. The molecule has 2 N–H and O–H groups in total. The number of rotatable bonds is 2. The fourth-order valence-electron chi connectivity index (χ4n) is 2.68. The minimum absolute atomic E-state index is 0.298. The number of nitrogens with one attached hydrogen (secondary N) is 2. The molecule has 0 atom stereocenters. The van der Waals surface area contributed by atoms with Crippen LogP contribution in [0.3, 0.4) is 0 Å². The average molecular weight is 297 g/mol. The first-order chi connectivity index (χ1) is 10.7. The van der Waals surface area contributed by atoms with Crippen molar-refractivity contribution >= 4 is 11.7 Å². The van der Waals surface area contributed by atoms with Crippen molar-refractivity contribution in [3.8, 4) is 11.4 Å². The molecule has 22 heavy (non-hydrogen) atoms. The number of anilines is 1. The Balaban J connectivity index is 1.68. The average Bonchev–Trinajstić information content (AvgIpc) is 3.14. The Labute approximate surface area is 125 Å². The van der Waals surface area contributed by atoms with Crippen LogP contribution in [-0.4, -0.2) is 25.4 Å². The summed E-state index contributed by atoms with van der Waals surface area (Å²) in [5.74, 6) is 0.340. The highest BCUT2D eigenvalue weighted by Crippen LogP contribution is 2.31. The number of H-pyrrole nitrogens is 1. The largest absolute Gasteiger partial charge is 0.364 e. The minimum Gasteiger partial charge on any atom is -0.364 e. The third kappa shape index (κ3) is 1.98. The molecule has 1 amide bonds. The second-order valence-electron chi connectivity index (χ2n) is 5.07. The van der Waals surface area contributed by atoms with Gasteiger partial charge in [0.2, 0.25) is 0 Å². The number of aromatic amines is 1. The number of hydrogen-bond acceptors (Lipinski definition) is 3. The molecule has 0 aromatic carbocycles. The van der Waals surface area contributed by atoms with Crippen LogP contribution in [0.15, 0.2) is 36.9 Å². The van der Waals surface area contributed by atoms with Crippen LogP contribution in [0.5, 0.6) is 0 Å². The summed E-state index contributed by atoms with van der Waals surface area (Å²) in [4.78, 5) is 23.8. The number of imidazole rings is 1. The molecule has 4 heterocycles. The second-order valence-corrected chi connectivity index (χ2v) is 5.07. The van der Waals surface area contributed by atoms with E-state index < -0.39 is 5.82 Å². The lowest BCUT2D eigenvalue weighted by Gasteiger charge is -2.15. The molecule has 0 saturated carbocycles. The molecule has 7 heteroatoms. The molecule has 110 valence electrons. The molecule has 6 nitrogen and oxygen atoms in total. The van der Waals surface area contributed by atoms with Crippen LogP contribution in [0.25, 0.3) is 11.4 Å². The second kappa shape index (κ2) is 4.80. The highest BCUT2D eigenvalue weighted by Gasteiger charge is 2.25. The molecule has 0 bridgehead atoms. The quantitative estimate of drug-likeness (QED) is 0.761. The number of aromatic nitrogens is 4.